The molecule has 0 fully saturated rings. The van der Waals surface area contributed by atoms with Gasteiger partial charge in [-0.3, -0.25) is 0 Å². The highest BCUT2D eigenvalue weighted by molar-refractivity contribution is 6.65. The Morgan fingerprint density at radius 3 is 1.10 bits per heavy atom. The maximum atomic E-state index is 2.52. The lowest BCUT2D eigenvalue weighted by Crippen LogP contribution is -2.41. The molecule has 0 atom stereocenters. The number of hydrogen-bond acceptors (Lipinski definition) is 0. The van der Waals surface area contributed by atoms with E-state index in [2.05, 4.69) is 238 Å². The Bertz CT molecular complexity index is 3540. The second-order valence-corrected chi connectivity index (χ2v) is 17.1. The quantitative estimate of drug-likeness (QED) is 0.225. The van der Waals surface area contributed by atoms with Crippen LogP contribution in [0.5, 0.6) is 0 Å². The topological polar surface area (TPSA) is 9.86 Å². The standard InChI is InChI=1S/C54H42B6N2/c55-47-43-39-18-10-11-19-41(39)61(37-25-20-34(21-26-37)31-12-4-1-5-13-31)53(43)51(59)49(57)45(47)46-48(56)44-40-29-24-36(33-16-8-3-9-17-33)30-42(40)62(54(44)52(60)50(46)58)38-27-22-35(23-28-38)32-14-6-2-7-15-32/h1-30H,55-60H2. The van der Waals surface area contributed by atoms with E-state index >= 15 is 0 Å². The second kappa shape index (κ2) is 14.9. The third-order valence-electron chi connectivity index (χ3n) is 13.8. The van der Waals surface area contributed by atoms with Crippen LogP contribution in [0.4, 0.5) is 0 Å². The molecule has 0 N–H and O–H groups in total. The van der Waals surface area contributed by atoms with Gasteiger partial charge in [0.2, 0.25) is 0 Å². The Balaban J connectivity index is 1.16. The van der Waals surface area contributed by atoms with Gasteiger partial charge in [-0.25, -0.2) is 0 Å². The number of fused-ring (bicyclic) bond motifs is 6. The van der Waals surface area contributed by atoms with E-state index in [4.69, 9.17) is 0 Å². The van der Waals surface area contributed by atoms with Gasteiger partial charge < -0.3 is 9.13 Å². The molecule has 2 heterocycles. The Kier molecular flexibility index (Phi) is 9.09. The molecule has 0 amide bonds. The van der Waals surface area contributed by atoms with E-state index in [-0.39, 0.29) is 0 Å². The molecule has 8 heteroatoms. The smallest absolute Gasteiger partial charge is 0.141 e. The lowest BCUT2D eigenvalue weighted by molar-refractivity contribution is 1.19. The fraction of sp³-hybridized carbons (Fsp3) is 0. The van der Waals surface area contributed by atoms with E-state index in [9.17, 15) is 0 Å². The molecule has 0 saturated heterocycles. The molecule has 9 aromatic carbocycles. The third kappa shape index (κ3) is 5.81. The molecule has 286 valence electrons. The van der Waals surface area contributed by atoms with Crippen molar-refractivity contribution >= 4 is 123 Å². The SMILES string of the molecule is Bc1c(-c2c(B)c(B)c3c(c2B)c2ccc(-c4ccccc4)cc2n3-c2ccc(-c3ccccc3)cc2)c(B)c2c3ccccc3n(-c3ccc(-c4ccccc4)cc3)c2c1B. The van der Waals surface area contributed by atoms with Crippen molar-refractivity contribution in [3.8, 4) is 55.9 Å². The van der Waals surface area contributed by atoms with E-state index in [0.717, 1.165) is 0 Å². The first-order valence-corrected chi connectivity index (χ1v) is 21.8. The molecule has 0 radical (unpaired) electrons. The number of benzene rings is 9. The van der Waals surface area contributed by atoms with Gasteiger partial charge in [0.1, 0.15) is 47.1 Å². The van der Waals surface area contributed by atoms with E-state index in [1.165, 1.54) is 132 Å². The zero-order valence-electron chi connectivity index (χ0n) is 36.2. The summed E-state index contributed by atoms with van der Waals surface area (Å²) in [6, 6.07) is 66.3. The van der Waals surface area contributed by atoms with Crippen molar-refractivity contribution < 1.29 is 0 Å². The van der Waals surface area contributed by atoms with Gasteiger partial charge in [-0.05, 0) is 80.9 Å². The van der Waals surface area contributed by atoms with Gasteiger partial charge in [0.15, 0.2) is 0 Å². The van der Waals surface area contributed by atoms with Crippen LogP contribution >= 0.6 is 0 Å². The summed E-state index contributed by atoms with van der Waals surface area (Å²) in [7, 11) is 14.1. The molecule has 0 unspecified atom stereocenters. The van der Waals surface area contributed by atoms with Crippen LogP contribution in [0.25, 0.3) is 99.5 Å². The highest BCUT2D eigenvalue weighted by Gasteiger charge is 2.26. The molecule has 0 aliphatic rings. The third-order valence-corrected chi connectivity index (χ3v) is 13.8. The van der Waals surface area contributed by atoms with Crippen molar-refractivity contribution in [2.24, 2.45) is 0 Å². The van der Waals surface area contributed by atoms with Crippen LogP contribution < -0.4 is 32.8 Å². The number of aromatic nitrogens is 2. The number of hydrogen-bond donors (Lipinski definition) is 0. The molecule has 62 heavy (non-hydrogen) atoms. The molecular formula is C54H42B6N2. The minimum absolute atomic E-state index is 1.17. The summed E-state index contributed by atoms with van der Waals surface area (Å²) in [6.07, 6.45) is 0. The summed E-state index contributed by atoms with van der Waals surface area (Å²) < 4.78 is 5.02. The highest BCUT2D eigenvalue weighted by atomic mass is 15.0. The van der Waals surface area contributed by atoms with Crippen molar-refractivity contribution in [3.05, 3.63) is 182 Å². The predicted octanol–water partition coefficient (Wildman–Crippen LogP) is 4.10. The van der Waals surface area contributed by atoms with Crippen LogP contribution in [0.1, 0.15) is 0 Å². The molecule has 11 rings (SSSR count). The zero-order valence-corrected chi connectivity index (χ0v) is 36.2. The van der Waals surface area contributed by atoms with Gasteiger partial charge in [0.25, 0.3) is 0 Å². The molecule has 2 aromatic heterocycles. The molecule has 0 bridgehead atoms. The number of nitrogens with zero attached hydrogens (tertiary/aromatic N) is 2. The van der Waals surface area contributed by atoms with Gasteiger partial charge in [0.05, 0.1) is 11.0 Å². The first-order valence-electron chi connectivity index (χ1n) is 21.8. The molecule has 0 saturated carbocycles. The van der Waals surface area contributed by atoms with Crippen molar-refractivity contribution in [1.82, 2.24) is 9.13 Å². The largest absolute Gasteiger partial charge is 0.310 e. The summed E-state index contributed by atoms with van der Waals surface area (Å²) in [5.41, 5.74) is 25.3. The van der Waals surface area contributed by atoms with Crippen LogP contribution in [-0.2, 0) is 0 Å². The van der Waals surface area contributed by atoms with E-state index in [1.54, 1.807) is 0 Å². The van der Waals surface area contributed by atoms with Crippen molar-refractivity contribution in [3.63, 3.8) is 0 Å². The Morgan fingerprint density at radius 1 is 0.274 bits per heavy atom. The Labute approximate surface area is 368 Å². The van der Waals surface area contributed by atoms with Crippen LogP contribution in [-0.4, -0.2) is 56.2 Å². The van der Waals surface area contributed by atoms with Crippen LogP contribution in [0.3, 0.4) is 0 Å². The van der Waals surface area contributed by atoms with Crippen molar-refractivity contribution in [2.45, 2.75) is 0 Å². The maximum Gasteiger partial charge on any atom is 0.141 e. The van der Waals surface area contributed by atoms with Crippen LogP contribution in [0, 0.1) is 0 Å². The summed E-state index contributed by atoms with van der Waals surface area (Å²) in [4.78, 5) is 0. The molecule has 0 spiro atoms. The predicted molar refractivity (Wildman–Crippen MR) is 286 cm³/mol. The summed E-state index contributed by atoms with van der Waals surface area (Å²) in [5.74, 6) is 0. The number of rotatable bonds is 6. The summed E-state index contributed by atoms with van der Waals surface area (Å²) >= 11 is 0. The van der Waals surface area contributed by atoms with Crippen molar-refractivity contribution in [2.75, 3.05) is 0 Å². The summed E-state index contributed by atoms with van der Waals surface area (Å²) in [5, 5.41) is 5.21. The fourth-order valence-corrected chi connectivity index (χ4v) is 10.5. The normalized spacial score (nSPS) is 11.6. The molecule has 11 aromatic rings. The van der Waals surface area contributed by atoms with Crippen LogP contribution in [0.15, 0.2) is 182 Å². The zero-order chi connectivity index (χ0) is 42.2. The first-order chi connectivity index (χ1) is 30.3. The number of para-hydroxylation sites is 1. The minimum atomic E-state index is 1.17. The second-order valence-electron chi connectivity index (χ2n) is 17.1. The Hall–Kier alpha value is -7.03. The Morgan fingerprint density at radius 2 is 0.629 bits per heavy atom. The molecule has 2 nitrogen and oxygen atoms in total. The summed E-state index contributed by atoms with van der Waals surface area (Å²) in [6.45, 7) is 0. The average Bonchev–Trinajstić information content (AvgIpc) is 3.86. The highest BCUT2D eigenvalue weighted by Crippen LogP contribution is 2.37. The maximum absolute atomic E-state index is 2.52. The first kappa shape index (κ1) is 37.9. The molecular weight excluding hydrogens is 741 g/mol. The van der Waals surface area contributed by atoms with Gasteiger partial charge in [-0.15, -0.1) is 0 Å². The van der Waals surface area contributed by atoms with Gasteiger partial charge in [-0.2, -0.15) is 0 Å². The minimum Gasteiger partial charge on any atom is -0.310 e. The monoisotopic (exact) mass is 784 g/mol. The molecule has 0 aliphatic heterocycles. The molecule has 0 aliphatic carbocycles. The lowest BCUT2D eigenvalue weighted by atomic mass is 9.63. The fourth-order valence-electron chi connectivity index (χ4n) is 10.5. The van der Waals surface area contributed by atoms with E-state index in [1.807, 2.05) is 0 Å². The van der Waals surface area contributed by atoms with E-state index in [0.29, 0.717) is 0 Å². The van der Waals surface area contributed by atoms with E-state index < -0.39 is 0 Å². The van der Waals surface area contributed by atoms with Gasteiger partial charge >= 0.3 is 0 Å². The van der Waals surface area contributed by atoms with Crippen LogP contribution in [0.2, 0.25) is 0 Å². The van der Waals surface area contributed by atoms with Gasteiger partial charge in [0, 0.05) is 44.0 Å². The average molecular weight is 784 g/mol. The van der Waals surface area contributed by atoms with Gasteiger partial charge in [-0.1, -0.05) is 178 Å². The lowest BCUT2D eigenvalue weighted by Gasteiger charge is -2.24. The van der Waals surface area contributed by atoms with Crippen molar-refractivity contribution in [1.29, 1.82) is 0 Å².